The van der Waals surface area contributed by atoms with E-state index in [-0.39, 0.29) is 11.8 Å². The minimum atomic E-state index is -0.0184. The summed E-state index contributed by atoms with van der Waals surface area (Å²) in [7, 11) is 0. The van der Waals surface area contributed by atoms with Crippen LogP contribution >= 0.6 is 0 Å². The van der Waals surface area contributed by atoms with Gasteiger partial charge in [-0.2, -0.15) is 0 Å². The Morgan fingerprint density at radius 1 is 0.550 bits per heavy atom. The van der Waals surface area contributed by atoms with Crippen molar-refractivity contribution >= 4 is 11.8 Å². The van der Waals surface area contributed by atoms with Crippen molar-refractivity contribution in [1.82, 2.24) is 10.6 Å². The van der Waals surface area contributed by atoms with Gasteiger partial charge in [-0.05, 0) is 52.6 Å². The Morgan fingerprint density at radius 3 is 1.60 bits per heavy atom. The molecule has 0 unspecified atom stereocenters. The maximum atomic E-state index is 11.5. The molecule has 6 rings (SSSR count). The van der Waals surface area contributed by atoms with Crippen molar-refractivity contribution in [3.05, 3.63) is 130 Å². The highest BCUT2D eigenvalue weighted by Crippen LogP contribution is 2.23. The molecule has 0 atom stereocenters. The van der Waals surface area contributed by atoms with Gasteiger partial charge in [-0.25, -0.2) is 0 Å². The largest absolute Gasteiger partial charge is 0.489 e. The van der Waals surface area contributed by atoms with Crippen LogP contribution in [-0.2, 0) is 26.3 Å². The molecule has 4 aromatic rings. The third-order valence-electron chi connectivity index (χ3n) is 6.02. The quantitative estimate of drug-likeness (QED) is 0.275. The molecule has 0 saturated heterocycles. The van der Waals surface area contributed by atoms with E-state index >= 15 is 0 Å². The molecule has 0 aliphatic carbocycles. The van der Waals surface area contributed by atoms with Crippen LogP contribution in [0.4, 0.5) is 0 Å². The van der Waals surface area contributed by atoms with E-state index in [2.05, 4.69) is 10.6 Å². The second-order valence-electron chi connectivity index (χ2n) is 8.55. The van der Waals surface area contributed by atoms with Crippen molar-refractivity contribution in [2.75, 3.05) is 0 Å². The standard InChI is InChI=1S/2C15H13NO2.2C2H6/c17-15-14-7-6-13(8-12(14)9-16-15)18-10-11-4-2-1-3-5-11;17-15-14-8-13(7-6-12(14)9-16-15)18-10-11-4-2-1-3-5-11;2*1-2/h2*1-8H,9-10H2,(H,16,17);2*1-2H3. The summed E-state index contributed by atoms with van der Waals surface area (Å²) in [5.41, 5.74) is 5.76. The molecule has 2 aliphatic heterocycles. The molecular weight excluding hydrogens is 500 g/mol. The van der Waals surface area contributed by atoms with Gasteiger partial charge in [0.05, 0.1) is 0 Å². The van der Waals surface area contributed by atoms with Gasteiger partial charge < -0.3 is 20.1 Å². The fraction of sp³-hybridized carbons (Fsp3) is 0.235. The Labute approximate surface area is 237 Å². The van der Waals surface area contributed by atoms with Crippen LogP contribution in [0.5, 0.6) is 11.5 Å². The van der Waals surface area contributed by atoms with Crippen LogP contribution in [-0.4, -0.2) is 11.8 Å². The number of hydrogen-bond acceptors (Lipinski definition) is 4. The van der Waals surface area contributed by atoms with E-state index in [1.54, 1.807) is 6.07 Å². The number of amides is 2. The van der Waals surface area contributed by atoms with E-state index in [1.807, 2.05) is 119 Å². The predicted octanol–water partition coefficient (Wildman–Crippen LogP) is 7.07. The molecule has 208 valence electrons. The maximum Gasteiger partial charge on any atom is 0.252 e. The first-order chi connectivity index (χ1) is 19.7. The van der Waals surface area contributed by atoms with Crippen molar-refractivity contribution in [1.29, 1.82) is 0 Å². The molecule has 0 saturated carbocycles. The zero-order valence-corrected chi connectivity index (χ0v) is 23.7. The second kappa shape index (κ2) is 15.7. The first-order valence-electron chi connectivity index (χ1n) is 13.8. The van der Waals surface area contributed by atoms with Crippen LogP contribution in [0.25, 0.3) is 0 Å². The highest BCUT2D eigenvalue weighted by Gasteiger charge is 2.19. The molecule has 0 spiro atoms. The Bertz CT molecular complexity index is 1370. The van der Waals surface area contributed by atoms with Gasteiger partial charge in [-0.1, -0.05) is 94.4 Å². The summed E-state index contributed by atoms with van der Waals surface area (Å²) in [6, 6.07) is 31.2. The predicted molar refractivity (Wildman–Crippen MR) is 159 cm³/mol. The summed E-state index contributed by atoms with van der Waals surface area (Å²) < 4.78 is 11.4. The van der Waals surface area contributed by atoms with Gasteiger partial charge in [0.2, 0.25) is 0 Å². The SMILES string of the molecule is CC.CC.O=C1NCc2cc(OCc3ccccc3)ccc21.O=C1NCc2ccc(OCc3ccccc3)cc21. The number of nitrogens with one attached hydrogen (secondary N) is 2. The monoisotopic (exact) mass is 538 g/mol. The normalized spacial score (nSPS) is 12.0. The molecule has 0 radical (unpaired) electrons. The number of fused-ring (bicyclic) bond motifs is 2. The van der Waals surface area contributed by atoms with E-state index in [0.29, 0.717) is 26.3 Å². The minimum Gasteiger partial charge on any atom is -0.489 e. The number of ether oxygens (including phenoxy) is 2. The highest BCUT2D eigenvalue weighted by molar-refractivity contribution is 5.99. The van der Waals surface area contributed by atoms with Gasteiger partial charge in [-0.15, -0.1) is 0 Å². The Kier molecular flexibility index (Phi) is 11.8. The average molecular weight is 539 g/mol. The van der Waals surface area contributed by atoms with Crippen molar-refractivity contribution in [3.63, 3.8) is 0 Å². The van der Waals surface area contributed by atoms with Crippen molar-refractivity contribution in [2.45, 2.75) is 54.0 Å². The number of carbonyl (C=O) groups is 2. The van der Waals surface area contributed by atoms with Crippen LogP contribution in [0.2, 0.25) is 0 Å². The van der Waals surface area contributed by atoms with E-state index in [1.165, 1.54) is 0 Å². The molecule has 2 amide bonds. The molecule has 0 bridgehead atoms. The second-order valence-corrected chi connectivity index (χ2v) is 8.55. The molecule has 2 N–H and O–H groups in total. The molecule has 4 aromatic carbocycles. The average Bonchev–Trinajstić information content (AvgIpc) is 3.59. The van der Waals surface area contributed by atoms with E-state index in [4.69, 9.17) is 9.47 Å². The highest BCUT2D eigenvalue weighted by atomic mass is 16.5. The number of hydrogen-bond donors (Lipinski definition) is 2. The summed E-state index contributed by atoms with van der Waals surface area (Å²) in [6.07, 6.45) is 0. The Balaban J connectivity index is 0.000000196. The van der Waals surface area contributed by atoms with Gasteiger partial charge in [-0.3, -0.25) is 9.59 Å². The molecule has 2 heterocycles. The zero-order chi connectivity index (χ0) is 28.7. The Hall–Kier alpha value is -4.58. The first-order valence-corrected chi connectivity index (χ1v) is 13.8. The molecule has 0 fully saturated rings. The van der Waals surface area contributed by atoms with Crippen molar-refractivity contribution in [2.24, 2.45) is 0 Å². The fourth-order valence-corrected chi connectivity index (χ4v) is 4.06. The zero-order valence-electron chi connectivity index (χ0n) is 23.7. The number of benzene rings is 4. The number of carbonyl (C=O) groups excluding carboxylic acids is 2. The van der Waals surface area contributed by atoms with Gasteiger partial charge in [0, 0.05) is 24.2 Å². The fourth-order valence-electron chi connectivity index (χ4n) is 4.06. The van der Waals surface area contributed by atoms with Crippen LogP contribution in [0.3, 0.4) is 0 Å². The van der Waals surface area contributed by atoms with Gasteiger partial charge in [0.25, 0.3) is 11.8 Å². The summed E-state index contributed by atoms with van der Waals surface area (Å²) >= 11 is 0. The third-order valence-corrected chi connectivity index (χ3v) is 6.02. The van der Waals surface area contributed by atoms with E-state index < -0.39 is 0 Å². The van der Waals surface area contributed by atoms with Crippen LogP contribution in [0.15, 0.2) is 97.1 Å². The molecular formula is C34H38N2O4. The molecule has 6 heteroatoms. The summed E-state index contributed by atoms with van der Waals surface area (Å²) in [5.74, 6) is 1.51. The minimum absolute atomic E-state index is 0.000362. The van der Waals surface area contributed by atoms with Crippen LogP contribution in [0, 0.1) is 0 Å². The van der Waals surface area contributed by atoms with Crippen molar-refractivity contribution < 1.29 is 19.1 Å². The number of rotatable bonds is 6. The topological polar surface area (TPSA) is 76.7 Å². The van der Waals surface area contributed by atoms with Gasteiger partial charge >= 0.3 is 0 Å². The van der Waals surface area contributed by atoms with Crippen molar-refractivity contribution in [3.8, 4) is 11.5 Å². The third kappa shape index (κ3) is 8.21. The lowest BCUT2D eigenvalue weighted by molar-refractivity contribution is 0.0957. The smallest absolute Gasteiger partial charge is 0.252 e. The van der Waals surface area contributed by atoms with E-state index in [9.17, 15) is 9.59 Å². The maximum absolute atomic E-state index is 11.5. The first kappa shape index (κ1) is 30.0. The molecule has 40 heavy (non-hydrogen) atoms. The van der Waals surface area contributed by atoms with Gasteiger partial charge in [0.1, 0.15) is 24.7 Å². The van der Waals surface area contributed by atoms with Crippen LogP contribution in [0.1, 0.15) is 70.7 Å². The molecule has 6 nitrogen and oxygen atoms in total. The van der Waals surface area contributed by atoms with E-state index in [0.717, 1.165) is 44.9 Å². The molecule has 0 aromatic heterocycles. The van der Waals surface area contributed by atoms with Gasteiger partial charge in [0.15, 0.2) is 0 Å². The van der Waals surface area contributed by atoms with Crippen LogP contribution < -0.4 is 20.1 Å². The summed E-state index contributed by atoms with van der Waals surface area (Å²) in [5, 5.41) is 5.58. The molecule has 2 aliphatic rings. The summed E-state index contributed by atoms with van der Waals surface area (Å²) in [6.45, 7) is 10.3. The Morgan fingerprint density at radius 2 is 1.02 bits per heavy atom. The lowest BCUT2D eigenvalue weighted by atomic mass is 10.1. The lowest BCUT2D eigenvalue weighted by Gasteiger charge is -2.07. The summed E-state index contributed by atoms with van der Waals surface area (Å²) in [4.78, 5) is 22.9. The lowest BCUT2D eigenvalue weighted by Crippen LogP contribution is -2.12.